The van der Waals surface area contributed by atoms with Crippen molar-refractivity contribution >= 4 is 56.6 Å². The summed E-state index contributed by atoms with van der Waals surface area (Å²) in [4.78, 5) is 0. The third-order valence-electron chi connectivity index (χ3n) is 7.42. The molecule has 7 aromatic rings. The molecule has 0 nitrogen and oxygen atoms in total. The predicted octanol–water partition coefficient (Wildman–Crippen LogP) is 5.11. The van der Waals surface area contributed by atoms with Crippen LogP contribution in [0.5, 0.6) is 0 Å². The van der Waals surface area contributed by atoms with E-state index in [1.165, 1.54) is 82.4 Å². The molecule has 44 heavy (non-hydrogen) atoms. The van der Waals surface area contributed by atoms with Crippen LogP contribution >= 0.6 is 31.9 Å². The van der Waals surface area contributed by atoms with Crippen molar-refractivity contribution in [2.24, 2.45) is 0 Å². The van der Waals surface area contributed by atoms with Crippen molar-refractivity contribution < 1.29 is 49.0 Å². The van der Waals surface area contributed by atoms with Gasteiger partial charge < -0.3 is 24.8 Å². The van der Waals surface area contributed by atoms with Gasteiger partial charge in [-0.05, 0) is 28.5 Å². The smallest absolute Gasteiger partial charge is 0.0240 e. The molecule has 0 saturated carbocycles. The molecule has 0 aromatic heterocycles. The summed E-state index contributed by atoms with van der Waals surface area (Å²) in [5, 5.41) is 5.30. The number of hydrogen-bond donors (Lipinski definition) is 0. The molecule has 0 aliphatic heterocycles. The zero-order valence-electron chi connectivity index (χ0n) is 23.6. The number of benzene rings is 6. The van der Waals surface area contributed by atoms with Crippen molar-refractivity contribution in [3.8, 4) is 11.1 Å². The molecule has 0 bridgehead atoms. The second-order valence-electron chi connectivity index (χ2n) is 10.0. The molecule has 0 amide bonds. The second-order valence-corrected chi connectivity index (χ2v) is 13.1. The maximum absolute atomic E-state index is 3.48. The van der Waals surface area contributed by atoms with Gasteiger partial charge in [-0.1, -0.05) is 53.9 Å². The van der Waals surface area contributed by atoms with E-state index in [0.29, 0.717) is 0 Å². The van der Waals surface area contributed by atoms with E-state index in [1.54, 1.807) is 0 Å². The van der Waals surface area contributed by atoms with Crippen LogP contribution in [0.2, 0.25) is 0 Å². The summed E-state index contributed by atoms with van der Waals surface area (Å²) in [6, 6.07) is 54.3. The largest absolute Gasteiger partial charge is 1.00 e. The van der Waals surface area contributed by atoms with E-state index in [1.807, 2.05) is 36.4 Å². The molecule has 0 saturated heterocycles. The number of fused-ring (bicyclic) bond motifs is 8. The standard InChI is InChI=1S/C21H13.C13H8Br2.C5H5.2ClH.Zr/c1-2-8-15-14(7-1)13-20-18-11-4-3-9-16(18)17-10-5-6-12-19(17)21(15)20;14-12-5-1-10(2-6-12)9-11-3-7-13(15)8-4-11;1-2-4-5-3-1;;;/h1-10,12H,13H2;1-8H;1-5H;2*1H;/q-1;;-1;;;+2/p-2. The molecule has 1 aliphatic carbocycles. The summed E-state index contributed by atoms with van der Waals surface area (Å²) in [6.07, 6.45) is 1.02. The SMILES string of the molecule is Brc1ccc([C](=[Zr+2])c2ccc(Br)cc2)cc1.[Cl-].[Cl-].[c-]1cccc2c1c1c(c3ccccc32)-c2ccccc2C1.c1cc[cH-]c1. The van der Waals surface area contributed by atoms with Gasteiger partial charge in [0.1, 0.15) is 0 Å². The molecule has 216 valence electrons. The predicted molar refractivity (Wildman–Crippen MR) is 182 cm³/mol. The maximum atomic E-state index is 3.48. The number of hydrogen-bond acceptors (Lipinski definition) is 0. The first-order valence-electron chi connectivity index (χ1n) is 13.8. The molecule has 0 fully saturated rings. The van der Waals surface area contributed by atoms with Crippen LogP contribution in [0, 0.1) is 6.07 Å². The average molecular weight is 817 g/mol. The summed E-state index contributed by atoms with van der Waals surface area (Å²) in [5.74, 6) is 0. The van der Waals surface area contributed by atoms with Crippen LogP contribution in [0.25, 0.3) is 32.7 Å². The third kappa shape index (κ3) is 7.64. The van der Waals surface area contributed by atoms with E-state index in [9.17, 15) is 0 Å². The first kappa shape index (κ1) is 34.4. The molecule has 0 spiro atoms. The molecule has 0 unspecified atom stereocenters. The Morgan fingerprint density at radius 1 is 0.614 bits per heavy atom. The molecule has 1 aliphatic rings. The first-order valence-corrected chi connectivity index (χ1v) is 16.6. The molecule has 0 radical (unpaired) electrons. The van der Waals surface area contributed by atoms with Gasteiger partial charge in [0.25, 0.3) is 0 Å². The fourth-order valence-electron chi connectivity index (χ4n) is 5.45. The zero-order chi connectivity index (χ0) is 28.9. The Kier molecular flexibility index (Phi) is 12.6. The summed E-state index contributed by atoms with van der Waals surface area (Å²) in [7, 11) is 0. The van der Waals surface area contributed by atoms with Crippen LogP contribution in [-0.4, -0.2) is 3.21 Å². The van der Waals surface area contributed by atoms with Gasteiger partial charge in [0.2, 0.25) is 0 Å². The third-order valence-corrected chi connectivity index (χ3v) is 9.90. The van der Waals surface area contributed by atoms with Crippen LogP contribution in [0.1, 0.15) is 22.3 Å². The summed E-state index contributed by atoms with van der Waals surface area (Å²) in [5.41, 5.74) is 8.26. The average Bonchev–Trinajstić information content (AvgIpc) is 3.75. The Morgan fingerprint density at radius 3 is 1.75 bits per heavy atom. The number of halogens is 4. The molecule has 0 atom stereocenters. The van der Waals surface area contributed by atoms with Crippen molar-refractivity contribution in [2.45, 2.75) is 6.42 Å². The van der Waals surface area contributed by atoms with Gasteiger partial charge in [-0.2, -0.15) is 18.2 Å². The molecular weight excluding hydrogens is 790 g/mol. The van der Waals surface area contributed by atoms with Crippen molar-refractivity contribution in [3.63, 3.8) is 0 Å². The van der Waals surface area contributed by atoms with Gasteiger partial charge in [-0.3, -0.25) is 0 Å². The van der Waals surface area contributed by atoms with Gasteiger partial charge in [0, 0.05) is 0 Å². The van der Waals surface area contributed by atoms with Crippen LogP contribution in [-0.2, 0) is 30.7 Å². The van der Waals surface area contributed by atoms with Gasteiger partial charge >= 0.3 is 128 Å². The Labute approximate surface area is 303 Å². The van der Waals surface area contributed by atoms with Gasteiger partial charge in [0.15, 0.2) is 0 Å². The van der Waals surface area contributed by atoms with Crippen LogP contribution in [0.3, 0.4) is 0 Å². The minimum absolute atomic E-state index is 0. The first-order chi connectivity index (χ1) is 20.6. The minimum Gasteiger partial charge on any atom is -1.00 e. The molecule has 8 rings (SSSR count). The van der Waals surface area contributed by atoms with E-state index >= 15 is 0 Å². The maximum Gasteiger partial charge on any atom is -0.0240 e. The number of rotatable bonds is 2. The second kappa shape index (κ2) is 16.2. The quantitative estimate of drug-likeness (QED) is 0.169. The molecule has 0 heterocycles. The van der Waals surface area contributed by atoms with Gasteiger partial charge in [-0.25, -0.2) is 12.1 Å². The normalized spacial score (nSPS) is 10.6. The summed E-state index contributed by atoms with van der Waals surface area (Å²) < 4.78 is 3.62. The zero-order valence-corrected chi connectivity index (χ0v) is 30.7. The summed E-state index contributed by atoms with van der Waals surface area (Å²) >= 11 is 8.34. The fourth-order valence-corrected chi connectivity index (χ4v) is 6.80. The molecule has 0 N–H and O–H groups in total. The van der Waals surface area contributed by atoms with Crippen molar-refractivity contribution in [3.05, 3.63) is 183 Å². The Balaban J connectivity index is 0.000000171. The monoisotopic (exact) mass is 812 g/mol. The van der Waals surface area contributed by atoms with E-state index in [0.717, 1.165) is 15.4 Å². The van der Waals surface area contributed by atoms with E-state index in [4.69, 9.17) is 0 Å². The fraction of sp³-hybridized carbons (Fsp3) is 0.0256. The Hall–Kier alpha value is -2.52. The minimum atomic E-state index is 0. The topological polar surface area (TPSA) is 0 Å². The summed E-state index contributed by atoms with van der Waals surface area (Å²) in [6.45, 7) is 0. The van der Waals surface area contributed by atoms with E-state index in [-0.39, 0.29) is 24.8 Å². The van der Waals surface area contributed by atoms with Crippen LogP contribution in [0.4, 0.5) is 0 Å². The van der Waals surface area contributed by atoms with Gasteiger partial charge in [0.05, 0.1) is 0 Å². The Bertz CT molecular complexity index is 1920. The molecule has 5 heteroatoms. The molecular formula is C39H26Br2Cl2Zr-2. The van der Waals surface area contributed by atoms with Crippen molar-refractivity contribution in [1.29, 1.82) is 0 Å². The van der Waals surface area contributed by atoms with E-state index in [2.05, 4.69) is 147 Å². The van der Waals surface area contributed by atoms with Gasteiger partial charge in [-0.15, -0.1) is 40.6 Å². The van der Waals surface area contributed by atoms with E-state index < -0.39 is 0 Å². The van der Waals surface area contributed by atoms with Crippen LogP contribution in [0.15, 0.2) is 155 Å². The van der Waals surface area contributed by atoms with Crippen molar-refractivity contribution in [2.75, 3.05) is 0 Å². The Morgan fingerprint density at radius 2 is 1.16 bits per heavy atom. The molecule has 7 aromatic carbocycles. The van der Waals surface area contributed by atoms with Crippen LogP contribution < -0.4 is 24.8 Å². The van der Waals surface area contributed by atoms with Crippen molar-refractivity contribution in [1.82, 2.24) is 0 Å².